The van der Waals surface area contributed by atoms with Crippen LogP contribution in [0, 0.1) is 5.92 Å². The van der Waals surface area contributed by atoms with E-state index in [1.165, 1.54) is 0 Å². The summed E-state index contributed by atoms with van der Waals surface area (Å²) in [5.41, 5.74) is 0. The molecule has 0 aliphatic carbocycles. The summed E-state index contributed by atoms with van der Waals surface area (Å²) in [5.74, 6) is 0.291. The van der Waals surface area contributed by atoms with Crippen molar-refractivity contribution in [1.29, 1.82) is 0 Å². The number of alkyl halides is 3. The Morgan fingerprint density at radius 1 is 1.43 bits per heavy atom. The average Bonchev–Trinajstić information content (AvgIpc) is 1.97. The van der Waals surface area contributed by atoms with Crippen LogP contribution in [0.25, 0.3) is 0 Å². The molecule has 0 radical (unpaired) electrons. The van der Waals surface area contributed by atoms with Crippen molar-refractivity contribution >= 4 is 18.3 Å². The highest BCUT2D eigenvalue weighted by atomic mass is 32.5. The zero-order valence-corrected chi connectivity index (χ0v) is 9.75. The minimum atomic E-state index is -4.43. The second kappa shape index (κ2) is 5.45. The van der Waals surface area contributed by atoms with E-state index in [4.69, 9.17) is 0 Å². The lowest BCUT2D eigenvalue weighted by Crippen LogP contribution is -2.16. The van der Waals surface area contributed by atoms with Gasteiger partial charge in [0.2, 0.25) is 0 Å². The second-order valence-corrected chi connectivity index (χ2v) is 7.12. The zero-order valence-electron chi connectivity index (χ0n) is 8.04. The van der Waals surface area contributed by atoms with Crippen LogP contribution < -0.4 is 0 Å². The van der Waals surface area contributed by atoms with Crippen LogP contribution in [0.4, 0.5) is 13.2 Å². The van der Waals surface area contributed by atoms with Gasteiger partial charge in [0.25, 0.3) is 0 Å². The molecule has 1 atom stereocenters. The first-order chi connectivity index (χ1) is 6.12. The van der Waals surface area contributed by atoms with Gasteiger partial charge >= 0.3 is 6.18 Å². The molecule has 7 heteroatoms. The molecule has 1 unspecified atom stereocenters. The summed E-state index contributed by atoms with van der Waals surface area (Å²) in [5, 5.41) is 0. The number of hydrogen-bond donors (Lipinski definition) is 1. The fourth-order valence-electron chi connectivity index (χ4n) is 0.660. The Morgan fingerprint density at radius 2 is 1.93 bits per heavy atom. The van der Waals surface area contributed by atoms with Crippen LogP contribution in [0.5, 0.6) is 0 Å². The van der Waals surface area contributed by atoms with Gasteiger partial charge in [0.1, 0.15) is 6.61 Å². The molecule has 86 valence electrons. The first-order valence-electron chi connectivity index (χ1n) is 4.15. The molecule has 0 aromatic heterocycles. The number of rotatable bonds is 5. The van der Waals surface area contributed by atoms with Gasteiger partial charge in [-0.25, -0.2) is 0 Å². The lowest BCUT2D eigenvalue weighted by molar-refractivity contribution is -0.153. The summed E-state index contributed by atoms with van der Waals surface area (Å²) in [7, 11) is 0. The third-order valence-electron chi connectivity index (χ3n) is 1.42. The van der Waals surface area contributed by atoms with Crippen molar-refractivity contribution in [3.63, 3.8) is 0 Å². The number of halogens is 3. The van der Waals surface area contributed by atoms with E-state index >= 15 is 0 Å². The van der Waals surface area contributed by atoms with Crippen molar-refractivity contribution in [3.8, 4) is 0 Å². The summed E-state index contributed by atoms with van der Waals surface area (Å²) in [6.45, 7) is -0.885. The largest absolute Gasteiger partial charge is 0.412 e. The molecular weight excluding hydrogens is 236 g/mol. The van der Waals surface area contributed by atoms with Gasteiger partial charge in [-0.05, 0) is 24.1 Å². The highest BCUT2D eigenvalue weighted by Crippen LogP contribution is 2.44. The molecular formula is C7H14F3O2PS. The molecule has 0 fully saturated rings. The van der Waals surface area contributed by atoms with E-state index in [1.54, 1.807) is 0 Å². The van der Waals surface area contributed by atoms with Crippen LogP contribution in [0.15, 0.2) is 0 Å². The predicted molar refractivity (Wildman–Crippen MR) is 52.8 cm³/mol. The first kappa shape index (κ1) is 14.4. The Morgan fingerprint density at radius 3 is 2.29 bits per heavy atom. The Balaban J connectivity index is 3.90. The Hall–Kier alpha value is 0.360. The van der Waals surface area contributed by atoms with Crippen LogP contribution in [0.2, 0.25) is 0 Å². The summed E-state index contributed by atoms with van der Waals surface area (Å²) < 4.78 is 39.5. The summed E-state index contributed by atoms with van der Waals surface area (Å²) in [6.07, 6.45) is -3.72. The molecule has 0 amide bonds. The van der Waals surface area contributed by atoms with Crippen LogP contribution in [0.1, 0.15) is 20.3 Å². The van der Waals surface area contributed by atoms with Gasteiger partial charge in [0.05, 0.1) is 0 Å². The smallest absolute Gasteiger partial charge is 0.345 e. The average molecular weight is 250 g/mol. The molecule has 0 saturated carbocycles. The summed E-state index contributed by atoms with van der Waals surface area (Å²) in [6, 6.07) is 0. The molecule has 1 N–H and O–H groups in total. The molecule has 0 aliphatic heterocycles. The maximum absolute atomic E-state index is 11.7. The standard InChI is InChI=1S/C7H14F3O2PS/c1-6(2)3-4-13(11,14)12-5-7(8,9)10/h6H,3-5H2,1-2H3,(H,11,14). The van der Waals surface area contributed by atoms with Crippen LogP contribution in [-0.2, 0) is 16.3 Å². The van der Waals surface area contributed by atoms with Crippen LogP contribution >= 0.6 is 6.49 Å². The molecule has 14 heavy (non-hydrogen) atoms. The highest BCUT2D eigenvalue weighted by Gasteiger charge is 2.30. The van der Waals surface area contributed by atoms with E-state index in [0.29, 0.717) is 12.3 Å². The molecule has 0 saturated heterocycles. The maximum atomic E-state index is 11.7. The zero-order chi connectivity index (χ0) is 11.4. The Bertz CT molecular complexity index is 217. The highest BCUT2D eigenvalue weighted by molar-refractivity contribution is 8.09. The van der Waals surface area contributed by atoms with Crippen molar-refractivity contribution in [2.24, 2.45) is 5.92 Å². The fourth-order valence-corrected chi connectivity index (χ4v) is 2.45. The quantitative estimate of drug-likeness (QED) is 0.761. The van der Waals surface area contributed by atoms with Gasteiger partial charge in [0, 0.05) is 6.16 Å². The minimum Gasteiger partial charge on any atom is -0.345 e. The van der Waals surface area contributed by atoms with E-state index in [-0.39, 0.29) is 6.16 Å². The van der Waals surface area contributed by atoms with Gasteiger partial charge in [-0.15, -0.1) is 0 Å². The third kappa shape index (κ3) is 8.94. The molecule has 0 aromatic carbocycles. The predicted octanol–water partition coefficient (Wildman–Crippen LogP) is 2.91. The van der Waals surface area contributed by atoms with Crippen molar-refractivity contribution in [2.45, 2.75) is 26.4 Å². The second-order valence-electron chi connectivity index (χ2n) is 3.43. The fraction of sp³-hybridized carbons (Fsp3) is 1.00. The maximum Gasteiger partial charge on any atom is 0.412 e. The van der Waals surface area contributed by atoms with Crippen molar-refractivity contribution in [3.05, 3.63) is 0 Å². The van der Waals surface area contributed by atoms with Gasteiger partial charge in [-0.3, -0.25) is 0 Å². The molecule has 0 spiro atoms. The topological polar surface area (TPSA) is 29.5 Å². The van der Waals surface area contributed by atoms with Crippen LogP contribution in [0.3, 0.4) is 0 Å². The molecule has 2 nitrogen and oxygen atoms in total. The normalized spacial score (nSPS) is 17.1. The lowest BCUT2D eigenvalue weighted by Gasteiger charge is -2.17. The van der Waals surface area contributed by atoms with Gasteiger partial charge in [-0.1, -0.05) is 13.8 Å². The lowest BCUT2D eigenvalue weighted by atomic mass is 10.2. The van der Waals surface area contributed by atoms with Crippen molar-refractivity contribution in [1.82, 2.24) is 0 Å². The van der Waals surface area contributed by atoms with E-state index in [0.717, 1.165) is 0 Å². The summed E-state index contributed by atoms with van der Waals surface area (Å²) >= 11 is 4.57. The molecule has 0 aromatic rings. The first-order valence-corrected chi connectivity index (χ1v) is 7.01. The van der Waals surface area contributed by atoms with Gasteiger partial charge < -0.3 is 9.42 Å². The van der Waals surface area contributed by atoms with E-state index < -0.39 is 19.3 Å². The number of hydrogen-bond acceptors (Lipinski definition) is 2. The Kier molecular flexibility index (Phi) is 5.59. The summed E-state index contributed by atoms with van der Waals surface area (Å²) in [4.78, 5) is 9.33. The molecule has 0 rings (SSSR count). The molecule has 0 bridgehead atoms. The third-order valence-corrected chi connectivity index (χ3v) is 3.64. The SMILES string of the molecule is CC(C)CCP(O)(=S)OCC(F)(F)F. The van der Waals surface area contributed by atoms with Crippen molar-refractivity contribution < 1.29 is 22.6 Å². The van der Waals surface area contributed by atoms with Gasteiger partial charge in [0.15, 0.2) is 6.49 Å². The van der Waals surface area contributed by atoms with E-state index in [9.17, 15) is 18.1 Å². The molecule has 0 heterocycles. The monoisotopic (exact) mass is 250 g/mol. The molecule has 0 aliphatic rings. The van der Waals surface area contributed by atoms with Crippen molar-refractivity contribution in [2.75, 3.05) is 12.8 Å². The van der Waals surface area contributed by atoms with E-state index in [1.807, 2.05) is 13.8 Å². The Labute approximate surface area is 86.6 Å². The van der Waals surface area contributed by atoms with E-state index in [2.05, 4.69) is 16.3 Å². The van der Waals surface area contributed by atoms with Gasteiger partial charge in [-0.2, -0.15) is 13.2 Å². The van der Waals surface area contributed by atoms with Crippen LogP contribution in [-0.4, -0.2) is 23.8 Å². The minimum absolute atomic E-state index is 0.135.